The number of rotatable bonds is 3. The molecule has 1 aromatic carbocycles. The third-order valence-corrected chi connectivity index (χ3v) is 2.34. The monoisotopic (exact) mass is 254 g/mol. The Kier molecular flexibility index (Phi) is 4.11. The Morgan fingerprint density at radius 1 is 1.53 bits per heavy atom. The number of carbonyl (C=O) groups is 1. The first-order valence-electron chi connectivity index (χ1n) is 4.58. The lowest BCUT2D eigenvalue weighted by atomic mass is 10.2. The molecule has 0 N–H and O–H groups in total. The van der Waals surface area contributed by atoms with Crippen LogP contribution >= 0.6 is 12.2 Å². The van der Waals surface area contributed by atoms with Gasteiger partial charge in [0.1, 0.15) is 5.75 Å². The second kappa shape index (κ2) is 5.35. The van der Waals surface area contributed by atoms with Crippen molar-refractivity contribution in [2.75, 3.05) is 14.1 Å². The van der Waals surface area contributed by atoms with Crippen molar-refractivity contribution in [2.24, 2.45) is 0 Å². The molecule has 0 aliphatic heterocycles. The molecular formula is C10H10N2O4S. The zero-order chi connectivity index (χ0) is 13.0. The number of hydrogen-bond donors (Lipinski definition) is 0. The van der Waals surface area contributed by atoms with E-state index >= 15 is 0 Å². The lowest BCUT2D eigenvalue weighted by Crippen LogP contribution is -2.25. The van der Waals surface area contributed by atoms with E-state index in [4.69, 9.17) is 17.0 Å². The minimum atomic E-state index is -0.582. The molecular weight excluding hydrogens is 244 g/mol. The van der Waals surface area contributed by atoms with Gasteiger partial charge in [0, 0.05) is 26.2 Å². The molecule has 1 aromatic rings. The predicted molar refractivity (Wildman–Crippen MR) is 65.4 cm³/mol. The molecule has 1 rings (SSSR count). The van der Waals surface area contributed by atoms with E-state index in [0.717, 1.165) is 6.07 Å². The third-order valence-electron chi connectivity index (χ3n) is 1.89. The van der Waals surface area contributed by atoms with E-state index in [1.165, 1.54) is 12.1 Å². The molecule has 0 atom stereocenters. The topological polar surface area (TPSA) is 72.7 Å². The molecule has 90 valence electrons. The highest BCUT2D eigenvalue weighted by atomic mass is 32.1. The van der Waals surface area contributed by atoms with Gasteiger partial charge in [0.2, 0.25) is 0 Å². The Morgan fingerprint density at radius 2 is 2.18 bits per heavy atom. The second-order valence-electron chi connectivity index (χ2n) is 3.36. The summed E-state index contributed by atoms with van der Waals surface area (Å²) in [4.78, 5) is 22.3. The number of non-ortho nitro benzene ring substituents is 1. The van der Waals surface area contributed by atoms with Crippen molar-refractivity contribution in [2.45, 2.75) is 0 Å². The molecule has 7 heteroatoms. The molecule has 0 fully saturated rings. The van der Waals surface area contributed by atoms with Crippen molar-refractivity contribution >= 4 is 29.4 Å². The van der Waals surface area contributed by atoms with E-state index in [1.54, 1.807) is 19.0 Å². The van der Waals surface area contributed by atoms with E-state index < -0.39 is 4.92 Å². The number of hydrogen-bond acceptors (Lipinski definition) is 5. The fraction of sp³-hybridized carbons (Fsp3) is 0.200. The van der Waals surface area contributed by atoms with Gasteiger partial charge in [-0.2, -0.15) is 0 Å². The molecule has 6 nitrogen and oxygen atoms in total. The van der Waals surface area contributed by atoms with E-state index in [2.05, 4.69) is 0 Å². The standard InChI is InChI=1S/C10H10N2O4S/c1-11(2)10(17)16-9-4-3-8(12(14)15)5-7(9)6-13/h3-6H,1-2H3. The van der Waals surface area contributed by atoms with Crippen LogP contribution in [0.2, 0.25) is 0 Å². The largest absolute Gasteiger partial charge is 0.431 e. The zero-order valence-corrected chi connectivity index (χ0v) is 10.1. The lowest BCUT2D eigenvalue weighted by molar-refractivity contribution is -0.384. The summed E-state index contributed by atoms with van der Waals surface area (Å²) >= 11 is 4.91. The van der Waals surface area contributed by atoms with Crippen LogP contribution in [0.25, 0.3) is 0 Å². The maximum atomic E-state index is 10.8. The average molecular weight is 254 g/mol. The first kappa shape index (κ1) is 13.0. The number of ether oxygens (including phenoxy) is 1. The van der Waals surface area contributed by atoms with Gasteiger partial charge in [-0.15, -0.1) is 0 Å². The summed E-state index contributed by atoms with van der Waals surface area (Å²) in [7, 11) is 3.38. The number of carbonyl (C=O) groups excluding carboxylic acids is 1. The van der Waals surface area contributed by atoms with E-state index in [9.17, 15) is 14.9 Å². The Balaban J connectivity index is 3.05. The maximum Gasteiger partial charge on any atom is 0.270 e. The van der Waals surface area contributed by atoms with Crippen LogP contribution in [-0.4, -0.2) is 35.4 Å². The van der Waals surface area contributed by atoms with E-state index in [0.29, 0.717) is 6.29 Å². The molecule has 17 heavy (non-hydrogen) atoms. The fourth-order valence-corrected chi connectivity index (χ4v) is 1.11. The highest BCUT2D eigenvalue weighted by Gasteiger charge is 2.13. The number of nitrogens with zero attached hydrogens (tertiary/aromatic N) is 2. The van der Waals surface area contributed by atoms with Crippen molar-refractivity contribution in [1.82, 2.24) is 4.90 Å². The molecule has 0 bridgehead atoms. The molecule has 0 saturated heterocycles. The molecule has 0 aliphatic carbocycles. The Labute approximate surface area is 103 Å². The first-order chi connectivity index (χ1) is 7.95. The quantitative estimate of drug-likeness (QED) is 0.353. The van der Waals surface area contributed by atoms with Crippen LogP contribution in [-0.2, 0) is 0 Å². The van der Waals surface area contributed by atoms with Crippen LogP contribution in [0.15, 0.2) is 18.2 Å². The molecule has 0 heterocycles. The molecule has 0 aromatic heterocycles. The molecule has 0 aliphatic rings. The van der Waals surface area contributed by atoms with Crippen molar-refractivity contribution < 1.29 is 14.5 Å². The van der Waals surface area contributed by atoms with Crippen molar-refractivity contribution in [1.29, 1.82) is 0 Å². The highest BCUT2D eigenvalue weighted by Crippen LogP contribution is 2.23. The second-order valence-corrected chi connectivity index (χ2v) is 3.71. The fourth-order valence-electron chi connectivity index (χ4n) is 1.02. The minimum Gasteiger partial charge on any atom is -0.431 e. The van der Waals surface area contributed by atoms with E-state index in [-0.39, 0.29) is 22.2 Å². The van der Waals surface area contributed by atoms with Gasteiger partial charge in [-0.1, -0.05) is 0 Å². The number of nitro groups is 1. The summed E-state index contributed by atoms with van der Waals surface area (Å²) in [6.45, 7) is 0. The van der Waals surface area contributed by atoms with Crippen LogP contribution in [0.1, 0.15) is 10.4 Å². The minimum absolute atomic E-state index is 0.0865. The van der Waals surface area contributed by atoms with Crippen LogP contribution in [0.5, 0.6) is 5.75 Å². The summed E-state index contributed by atoms with van der Waals surface area (Å²) in [5, 5.41) is 10.7. The molecule has 0 unspecified atom stereocenters. The summed E-state index contributed by atoms with van der Waals surface area (Å²) in [6, 6.07) is 3.74. The molecule has 0 spiro atoms. The third kappa shape index (κ3) is 3.22. The van der Waals surface area contributed by atoms with Gasteiger partial charge >= 0.3 is 0 Å². The first-order valence-corrected chi connectivity index (χ1v) is 4.99. The van der Waals surface area contributed by atoms with Crippen LogP contribution in [0, 0.1) is 10.1 Å². The molecule has 0 saturated carbocycles. The van der Waals surface area contributed by atoms with Gasteiger partial charge in [-0.05, 0) is 18.3 Å². The number of nitro benzene ring substituents is 1. The van der Waals surface area contributed by atoms with E-state index in [1.807, 2.05) is 0 Å². The van der Waals surface area contributed by atoms with Crippen molar-refractivity contribution in [3.8, 4) is 5.75 Å². The SMILES string of the molecule is CN(C)C(=S)Oc1ccc([N+](=O)[O-])cc1C=O. The Hall–Kier alpha value is -2.02. The van der Waals surface area contributed by atoms with Crippen LogP contribution in [0.3, 0.4) is 0 Å². The Morgan fingerprint density at radius 3 is 2.65 bits per heavy atom. The van der Waals surface area contributed by atoms with Gasteiger partial charge in [0.05, 0.1) is 10.5 Å². The smallest absolute Gasteiger partial charge is 0.270 e. The number of benzene rings is 1. The summed E-state index contributed by atoms with van der Waals surface area (Å²) in [5.41, 5.74) is -0.0846. The van der Waals surface area contributed by atoms with Gasteiger partial charge in [0.25, 0.3) is 10.9 Å². The van der Waals surface area contributed by atoms with Gasteiger partial charge in [-0.25, -0.2) is 0 Å². The normalized spacial score (nSPS) is 9.53. The van der Waals surface area contributed by atoms with Gasteiger partial charge in [-0.3, -0.25) is 14.9 Å². The van der Waals surface area contributed by atoms with Crippen LogP contribution in [0.4, 0.5) is 5.69 Å². The summed E-state index contributed by atoms with van der Waals surface area (Å²) in [6.07, 6.45) is 0.487. The molecule has 0 radical (unpaired) electrons. The van der Waals surface area contributed by atoms with Crippen molar-refractivity contribution in [3.63, 3.8) is 0 Å². The number of thiocarbonyl (C=S) groups is 1. The predicted octanol–water partition coefficient (Wildman–Crippen LogP) is 1.63. The summed E-state index contributed by atoms with van der Waals surface area (Å²) in [5.74, 6) is 0.198. The van der Waals surface area contributed by atoms with Crippen LogP contribution < -0.4 is 4.74 Å². The maximum absolute atomic E-state index is 10.8. The highest BCUT2D eigenvalue weighted by molar-refractivity contribution is 7.80. The summed E-state index contributed by atoms with van der Waals surface area (Å²) < 4.78 is 5.24. The lowest BCUT2D eigenvalue weighted by Gasteiger charge is -2.14. The van der Waals surface area contributed by atoms with Gasteiger partial charge < -0.3 is 9.64 Å². The Bertz CT molecular complexity index is 473. The average Bonchev–Trinajstić information content (AvgIpc) is 2.28. The zero-order valence-electron chi connectivity index (χ0n) is 9.25. The van der Waals surface area contributed by atoms with Crippen molar-refractivity contribution in [3.05, 3.63) is 33.9 Å². The number of aldehydes is 1. The van der Waals surface area contributed by atoms with Gasteiger partial charge in [0.15, 0.2) is 6.29 Å². The molecule has 0 amide bonds.